The summed E-state index contributed by atoms with van der Waals surface area (Å²) in [5.74, 6) is 2.66. The molecule has 0 saturated carbocycles. The standard InChI is InChI=1S/C27H20Cl2N2O2S/c1-2-13-33-25-21(14-22(28)16-23(25)29)15-24-26(32)31(18-20-11-7-4-8-12-20)27(34-24)30-17-19-9-5-3-6-10-19/h1,3-12,14-16H,13,17-18H2/b24-15+,30-27?. The summed E-state index contributed by atoms with van der Waals surface area (Å²) in [6.45, 7) is 0.922. The molecule has 0 atom stereocenters. The van der Waals surface area contributed by atoms with Gasteiger partial charge in [0, 0.05) is 10.6 Å². The number of carbonyl (C=O) groups excluding carboxylic acids is 1. The first-order valence-electron chi connectivity index (χ1n) is 10.4. The molecule has 7 heteroatoms. The van der Waals surface area contributed by atoms with Gasteiger partial charge < -0.3 is 4.74 Å². The number of hydrogen-bond acceptors (Lipinski definition) is 4. The Kier molecular flexibility index (Phi) is 7.97. The smallest absolute Gasteiger partial charge is 0.267 e. The summed E-state index contributed by atoms with van der Waals surface area (Å²) < 4.78 is 5.64. The molecule has 3 aromatic carbocycles. The van der Waals surface area contributed by atoms with Gasteiger partial charge in [-0.2, -0.15) is 0 Å². The van der Waals surface area contributed by atoms with Crippen molar-refractivity contribution in [2.75, 3.05) is 6.61 Å². The molecule has 4 nitrogen and oxygen atoms in total. The highest BCUT2D eigenvalue weighted by atomic mass is 35.5. The first-order valence-corrected chi connectivity index (χ1v) is 12.0. The number of hydrogen-bond donors (Lipinski definition) is 0. The van der Waals surface area contributed by atoms with E-state index < -0.39 is 0 Å². The normalized spacial score (nSPS) is 15.7. The fraction of sp³-hybridized carbons (Fsp3) is 0.111. The highest BCUT2D eigenvalue weighted by Gasteiger charge is 2.33. The van der Waals surface area contributed by atoms with Gasteiger partial charge in [0.1, 0.15) is 12.4 Å². The van der Waals surface area contributed by atoms with E-state index in [1.807, 2.05) is 60.7 Å². The molecule has 1 fully saturated rings. The predicted molar refractivity (Wildman–Crippen MR) is 141 cm³/mol. The van der Waals surface area contributed by atoms with Gasteiger partial charge in [0.15, 0.2) is 5.17 Å². The molecule has 0 aromatic heterocycles. The van der Waals surface area contributed by atoms with Crippen molar-refractivity contribution in [1.82, 2.24) is 4.90 Å². The maximum atomic E-state index is 13.4. The maximum Gasteiger partial charge on any atom is 0.267 e. The average molecular weight is 507 g/mol. The van der Waals surface area contributed by atoms with Crippen LogP contribution in [0.2, 0.25) is 10.0 Å². The molecule has 1 aliphatic heterocycles. The lowest BCUT2D eigenvalue weighted by molar-refractivity contribution is -0.122. The number of nitrogens with zero attached hydrogens (tertiary/aromatic N) is 2. The van der Waals surface area contributed by atoms with Gasteiger partial charge >= 0.3 is 0 Å². The molecule has 4 rings (SSSR count). The minimum Gasteiger partial charge on any atom is -0.479 e. The molecule has 0 N–H and O–H groups in total. The summed E-state index contributed by atoms with van der Waals surface area (Å²) in [4.78, 5) is 20.4. The number of benzene rings is 3. The molecular formula is C27H20Cl2N2O2S. The van der Waals surface area contributed by atoms with Crippen molar-refractivity contribution in [3.8, 4) is 18.1 Å². The topological polar surface area (TPSA) is 41.9 Å². The van der Waals surface area contributed by atoms with Gasteiger partial charge in [-0.25, -0.2) is 0 Å². The quantitative estimate of drug-likeness (QED) is 0.265. The van der Waals surface area contributed by atoms with Crippen molar-refractivity contribution in [2.45, 2.75) is 13.1 Å². The summed E-state index contributed by atoms with van der Waals surface area (Å²) in [5.41, 5.74) is 2.65. The molecule has 1 heterocycles. The number of thioether (sulfide) groups is 1. The molecule has 1 saturated heterocycles. The van der Waals surface area contributed by atoms with E-state index in [9.17, 15) is 4.79 Å². The second-order valence-electron chi connectivity index (χ2n) is 7.37. The number of amides is 1. The third kappa shape index (κ3) is 5.84. The molecule has 1 aliphatic rings. The summed E-state index contributed by atoms with van der Waals surface area (Å²) in [6, 6.07) is 23.0. The van der Waals surface area contributed by atoms with Crippen LogP contribution in [0.25, 0.3) is 6.08 Å². The van der Waals surface area contributed by atoms with Crippen molar-refractivity contribution in [3.63, 3.8) is 0 Å². The van der Waals surface area contributed by atoms with Crippen LogP contribution >= 0.6 is 35.0 Å². The molecule has 34 heavy (non-hydrogen) atoms. The number of carbonyl (C=O) groups is 1. The second kappa shape index (κ2) is 11.3. The Morgan fingerprint density at radius 2 is 1.71 bits per heavy atom. The lowest BCUT2D eigenvalue weighted by atomic mass is 10.1. The maximum absolute atomic E-state index is 13.4. The first kappa shape index (κ1) is 24.0. The lowest BCUT2D eigenvalue weighted by Gasteiger charge is -2.15. The number of ether oxygens (including phenoxy) is 1. The first-order chi connectivity index (χ1) is 16.5. The molecule has 0 radical (unpaired) electrons. The van der Waals surface area contributed by atoms with E-state index >= 15 is 0 Å². The van der Waals surface area contributed by atoms with Crippen molar-refractivity contribution < 1.29 is 9.53 Å². The molecule has 170 valence electrons. The summed E-state index contributed by atoms with van der Waals surface area (Å²) in [6.07, 6.45) is 7.06. The van der Waals surface area contributed by atoms with Gasteiger partial charge in [-0.1, -0.05) is 89.8 Å². The second-order valence-corrected chi connectivity index (χ2v) is 9.22. The van der Waals surface area contributed by atoms with Gasteiger partial charge in [-0.05, 0) is 41.1 Å². The molecule has 0 unspecified atom stereocenters. The highest BCUT2D eigenvalue weighted by molar-refractivity contribution is 8.18. The fourth-order valence-corrected chi connectivity index (χ4v) is 4.90. The van der Waals surface area contributed by atoms with Crippen molar-refractivity contribution in [3.05, 3.63) is 104 Å². The largest absolute Gasteiger partial charge is 0.479 e. The average Bonchev–Trinajstić information content (AvgIpc) is 3.12. The van der Waals surface area contributed by atoms with Crippen LogP contribution in [0.5, 0.6) is 5.75 Å². The number of rotatable bonds is 7. The van der Waals surface area contributed by atoms with E-state index in [-0.39, 0.29) is 12.5 Å². The Morgan fingerprint density at radius 1 is 1.03 bits per heavy atom. The van der Waals surface area contributed by atoms with Crippen LogP contribution in [-0.2, 0) is 17.9 Å². The van der Waals surface area contributed by atoms with Gasteiger partial charge in [0.25, 0.3) is 5.91 Å². The van der Waals surface area contributed by atoms with Crippen LogP contribution < -0.4 is 4.74 Å². The SMILES string of the molecule is C#CCOc1c(Cl)cc(Cl)cc1/C=C1/SC(=NCc2ccccc2)N(Cc2ccccc2)C1=O. The van der Waals surface area contributed by atoms with Crippen LogP contribution in [0.1, 0.15) is 16.7 Å². The van der Waals surface area contributed by atoms with E-state index in [0.29, 0.717) is 44.5 Å². The van der Waals surface area contributed by atoms with Crippen molar-refractivity contribution in [2.24, 2.45) is 4.99 Å². The third-order valence-electron chi connectivity index (χ3n) is 4.93. The number of amidine groups is 1. The van der Waals surface area contributed by atoms with E-state index in [4.69, 9.17) is 39.4 Å². The van der Waals surface area contributed by atoms with E-state index in [1.165, 1.54) is 11.8 Å². The molecule has 0 spiro atoms. The van der Waals surface area contributed by atoms with Crippen molar-refractivity contribution in [1.29, 1.82) is 0 Å². The Labute approximate surface area is 213 Å². The monoisotopic (exact) mass is 506 g/mol. The molecule has 0 aliphatic carbocycles. The Bertz CT molecular complexity index is 1290. The van der Waals surface area contributed by atoms with Crippen LogP contribution in [0.4, 0.5) is 0 Å². The van der Waals surface area contributed by atoms with Crippen molar-refractivity contribution >= 4 is 52.1 Å². The fourth-order valence-electron chi connectivity index (χ4n) is 3.37. The van der Waals surface area contributed by atoms with Crippen LogP contribution in [-0.4, -0.2) is 22.6 Å². The number of terminal acetylenes is 1. The number of aliphatic imine (C=N–C) groups is 1. The zero-order chi connectivity index (χ0) is 23.9. The van der Waals surface area contributed by atoms with Gasteiger partial charge in [0.05, 0.1) is 23.0 Å². The Morgan fingerprint density at radius 3 is 2.38 bits per heavy atom. The molecule has 3 aromatic rings. The molecule has 1 amide bonds. The number of halogens is 2. The van der Waals surface area contributed by atoms with Crippen LogP contribution in [0.3, 0.4) is 0 Å². The van der Waals surface area contributed by atoms with Gasteiger partial charge in [-0.15, -0.1) is 6.42 Å². The minimum absolute atomic E-state index is 0.0442. The molecule has 0 bridgehead atoms. The summed E-state index contributed by atoms with van der Waals surface area (Å²) in [7, 11) is 0. The third-order valence-corrected chi connectivity index (χ3v) is 6.48. The summed E-state index contributed by atoms with van der Waals surface area (Å²) in [5, 5.41) is 1.38. The Balaban J connectivity index is 1.69. The zero-order valence-corrected chi connectivity index (χ0v) is 20.4. The van der Waals surface area contributed by atoms with Crippen LogP contribution in [0.15, 0.2) is 82.7 Å². The van der Waals surface area contributed by atoms with E-state index in [2.05, 4.69) is 5.92 Å². The van der Waals surface area contributed by atoms with E-state index in [1.54, 1.807) is 23.1 Å². The minimum atomic E-state index is -0.153. The Hall–Kier alpha value is -3.17. The lowest BCUT2D eigenvalue weighted by Crippen LogP contribution is -2.28. The summed E-state index contributed by atoms with van der Waals surface area (Å²) >= 11 is 13.9. The van der Waals surface area contributed by atoms with Gasteiger partial charge in [0.2, 0.25) is 0 Å². The zero-order valence-electron chi connectivity index (χ0n) is 18.1. The van der Waals surface area contributed by atoms with E-state index in [0.717, 1.165) is 11.1 Å². The molecular weight excluding hydrogens is 487 g/mol. The van der Waals surface area contributed by atoms with Gasteiger partial charge in [-0.3, -0.25) is 14.7 Å². The highest BCUT2D eigenvalue weighted by Crippen LogP contribution is 2.38. The predicted octanol–water partition coefficient (Wildman–Crippen LogP) is 6.68. The van der Waals surface area contributed by atoms with Crippen LogP contribution in [0, 0.1) is 12.3 Å².